The number of thioether (sulfide) groups is 1. The Hall–Kier alpha value is -2.68. The van der Waals surface area contributed by atoms with Gasteiger partial charge < -0.3 is 4.74 Å². The molecule has 8 heteroatoms. The first-order valence-corrected chi connectivity index (χ1v) is 11.7. The summed E-state index contributed by atoms with van der Waals surface area (Å²) in [5.41, 5.74) is 1.69. The Morgan fingerprint density at radius 3 is 2.83 bits per heavy atom. The maximum absolute atomic E-state index is 13.7. The highest BCUT2D eigenvalue weighted by Crippen LogP contribution is 2.33. The highest BCUT2D eigenvalue weighted by Gasteiger charge is 2.16. The first-order chi connectivity index (χ1) is 14.6. The van der Waals surface area contributed by atoms with Gasteiger partial charge in [-0.2, -0.15) is 0 Å². The predicted molar refractivity (Wildman–Crippen MR) is 122 cm³/mol. The number of thiophene rings is 1. The van der Waals surface area contributed by atoms with Crippen LogP contribution in [-0.2, 0) is 5.75 Å². The maximum Gasteiger partial charge on any atom is 0.258 e. The van der Waals surface area contributed by atoms with E-state index in [1.54, 1.807) is 40.6 Å². The van der Waals surface area contributed by atoms with Crippen LogP contribution < -0.4 is 10.1 Å². The minimum atomic E-state index is -0.374. The number of nitrogens with zero attached hydrogens (tertiary/aromatic N) is 1. The van der Waals surface area contributed by atoms with Gasteiger partial charge in [0.1, 0.15) is 11.6 Å². The normalized spacial score (nSPS) is 10.7. The molecule has 2 aromatic carbocycles. The van der Waals surface area contributed by atoms with Crippen LogP contribution in [0.5, 0.6) is 5.75 Å². The van der Waals surface area contributed by atoms with E-state index in [1.807, 2.05) is 29.6 Å². The van der Waals surface area contributed by atoms with Gasteiger partial charge in [0, 0.05) is 26.5 Å². The average molecular weight is 457 g/mol. The Labute approximate surface area is 185 Å². The van der Waals surface area contributed by atoms with Crippen LogP contribution in [0.2, 0.25) is 0 Å². The number of thiazole rings is 1. The molecule has 2 heterocycles. The number of hydrogen-bond acceptors (Lipinski definition) is 6. The fourth-order valence-corrected chi connectivity index (χ4v) is 5.35. The fraction of sp³-hybridized carbons (Fsp3) is 0.0909. The summed E-state index contributed by atoms with van der Waals surface area (Å²) in [4.78, 5) is 19.5. The Morgan fingerprint density at radius 1 is 1.17 bits per heavy atom. The summed E-state index contributed by atoms with van der Waals surface area (Å²) >= 11 is 4.61. The lowest BCUT2D eigenvalue weighted by atomic mass is 10.1. The number of carbonyl (C=O) groups excluding carboxylic acids is 1. The number of benzene rings is 2. The molecule has 0 bridgehead atoms. The Kier molecular flexibility index (Phi) is 6.47. The number of halogens is 1. The van der Waals surface area contributed by atoms with Crippen LogP contribution in [0.25, 0.3) is 11.3 Å². The molecule has 0 aliphatic carbocycles. The number of hydrogen-bond donors (Lipinski definition) is 1. The van der Waals surface area contributed by atoms with Gasteiger partial charge in [0.2, 0.25) is 0 Å². The van der Waals surface area contributed by atoms with Crippen LogP contribution in [0.15, 0.2) is 70.3 Å². The summed E-state index contributed by atoms with van der Waals surface area (Å²) in [6.45, 7) is 0. The van der Waals surface area contributed by atoms with Gasteiger partial charge in [-0.3, -0.25) is 10.1 Å². The molecule has 0 saturated carbocycles. The zero-order chi connectivity index (χ0) is 20.9. The van der Waals surface area contributed by atoms with E-state index in [1.165, 1.54) is 35.5 Å². The number of nitrogens with one attached hydrogen (secondary N) is 1. The molecule has 0 fully saturated rings. The van der Waals surface area contributed by atoms with E-state index >= 15 is 0 Å². The van der Waals surface area contributed by atoms with Crippen LogP contribution in [0.3, 0.4) is 0 Å². The van der Waals surface area contributed by atoms with Crippen molar-refractivity contribution in [3.05, 3.63) is 81.6 Å². The first-order valence-electron chi connectivity index (χ1n) is 8.99. The van der Waals surface area contributed by atoms with Gasteiger partial charge >= 0.3 is 0 Å². The third-order valence-electron chi connectivity index (χ3n) is 4.24. The quantitative estimate of drug-likeness (QED) is 0.320. The van der Waals surface area contributed by atoms with Crippen molar-refractivity contribution in [2.45, 2.75) is 10.6 Å². The molecule has 0 aliphatic rings. The number of methoxy groups -OCH3 is 1. The number of carbonyl (C=O) groups is 1. The number of amides is 1. The monoisotopic (exact) mass is 456 g/mol. The second kappa shape index (κ2) is 9.42. The van der Waals surface area contributed by atoms with Crippen molar-refractivity contribution in [3.63, 3.8) is 0 Å². The van der Waals surface area contributed by atoms with Gasteiger partial charge in [-0.1, -0.05) is 18.2 Å². The number of aromatic nitrogens is 1. The van der Waals surface area contributed by atoms with E-state index < -0.39 is 0 Å². The standard InChI is InChI=1S/C22H17FN2O2S3/c1-27-19-9-8-14(23)11-17(19)18-13-30-22(24-18)25-21(26)16-6-2-3-7-20(16)29-12-15-5-4-10-28-15/h2-11,13H,12H2,1H3,(H,24,25,26). The molecular formula is C22H17FN2O2S3. The van der Waals surface area contributed by atoms with Crippen molar-refractivity contribution >= 4 is 45.5 Å². The number of ether oxygens (including phenoxy) is 1. The SMILES string of the molecule is COc1ccc(F)cc1-c1csc(NC(=O)c2ccccc2SCc2cccs2)n1. The topological polar surface area (TPSA) is 51.2 Å². The van der Waals surface area contributed by atoms with E-state index in [0.717, 1.165) is 10.6 Å². The molecule has 0 radical (unpaired) electrons. The van der Waals surface area contributed by atoms with Gasteiger partial charge in [-0.05, 0) is 41.8 Å². The zero-order valence-electron chi connectivity index (χ0n) is 15.9. The molecule has 0 aliphatic heterocycles. The summed E-state index contributed by atoms with van der Waals surface area (Å²) in [5, 5.41) is 7.11. The van der Waals surface area contributed by atoms with E-state index in [0.29, 0.717) is 27.7 Å². The van der Waals surface area contributed by atoms with Crippen molar-refractivity contribution in [3.8, 4) is 17.0 Å². The molecule has 4 rings (SSSR count). The maximum atomic E-state index is 13.7. The summed E-state index contributed by atoms with van der Waals surface area (Å²) in [7, 11) is 1.52. The van der Waals surface area contributed by atoms with Gasteiger partial charge in [-0.25, -0.2) is 9.37 Å². The van der Waals surface area contributed by atoms with Crippen molar-refractivity contribution in [1.82, 2.24) is 4.98 Å². The molecule has 1 N–H and O–H groups in total. The smallest absolute Gasteiger partial charge is 0.258 e. The van der Waals surface area contributed by atoms with Crippen LogP contribution in [0, 0.1) is 5.82 Å². The van der Waals surface area contributed by atoms with Gasteiger partial charge in [0.05, 0.1) is 18.4 Å². The second-order valence-corrected chi connectivity index (χ2v) is 9.11. The predicted octanol–water partition coefficient (Wildman–Crippen LogP) is 6.56. The molecule has 4 aromatic rings. The third kappa shape index (κ3) is 4.72. The van der Waals surface area contributed by atoms with Crippen molar-refractivity contribution in [1.29, 1.82) is 0 Å². The lowest BCUT2D eigenvalue weighted by Crippen LogP contribution is -2.12. The zero-order valence-corrected chi connectivity index (χ0v) is 18.4. The van der Waals surface area contributed by atoms with E-state index in [4.69, 9.17) is 4.74 Å². The molecule has 0 unspecified atom stereocenters. The van der Waals surface area contributed by atoms with Crippen molar-refractivity contribution in [2.24, 2.45) is 0 Å². The summed E-state index contributed by atoms with van der Waals surface area (Å²) in [6, 6.07) is 15.9. The molecule has 2 aromatic heterocycles. The number of anilines is 1. The molecule has 152 valence electrons. The van der Waals surface area contributed by atoms with Gasteiger partial charge in [-0.15, -0.1) is 34.4 Å². The van der Waals surface area contributed by atoms with Crippen molar-refractivity contribution < 1.29 is 13.9 Å². The largest absolute Gasteiger partial charge is 0.496 e. The molecule has 4 nitrogen and oxygen atoms in total. The molecule has 0 saturated heterocycles. The Morgan fingerprint density at radius 2 is 2.03 bits per heavy atom. The minimum Gasteiger partial charge on any atom is -0.496 e. The molecule has 0 spiro atoms. The first kappa shape index (κ1) is 20.6. The highest BCUT2D eigenvalue weighted by atomic mass is 32.2. The average Bonchev–Trinajstić information content (AvgIpc) is 3.44. The number of rotatable bonds is 7. The lowest BCUT2D eigenvalue weighted by molar-refractivity contribution is 0.102. The second-order valence-electron chi connectivity index (χ2n) is 6.20. The van der Waals surface area contributed by atoms with Gasteiger partial charge in [0.25, 0.3) is 5.91 Å². The van der Waals surface area contributed by atoms with Gasteiger partial charge in [0.15, 0.2) is 5.13 Å². The molecular weight excluding hydrogens is 439 g/mol. The molecule has 1 amide bonds. The van der Waals surface area contributed by atoms with Crippen LogP contribution in [-0.4, -0.2) is 18.0 Å². The van der Waals surface area contributed by atoms with E-state index in [-0.39, 0.29) is 11.7 Å². The van der Waals surface area contributed by atoms with E-state index in [9.17, 15) is 9.18 Å². The Balaban J connectivity index is 1.51. The molecule has 30 heavy (non-hydrogen) atoms. The van der Waals surface area contributed by atoms with Crippen molar-refractivity contribution in [2.75, 3.05) is 12.4 Å². The summed E-state index contributed by atoms with van der Waals surface area (Å²) in [6.07, 6.45) is 0. The van der Waals surface area contributed by atoms with E-state index in [2.05, 4.69) is 16.4 Å². The van der Waals surface area contributed by atoms with Crippen LogP contribution in [0.4, 0.5) is 9.52 Å². The highest BCUT2D eigenvalue weighted by molar-refractivity contribution is 7.98. The lowest BCUT2D eigenvalue weighted by Gasteiger charge is -2.08. The minimum absolute atomic E-state index is 0.226. The summed E-state index contributed by atoms with van der Waals surface area (Å²) < 4.78 is 19.0. The summed E-state index contributed by atoms with van der Waals surface area (Å²) in [5.74, 6) is 0.732. The fourth-order valence-electron chi connectivity index (χ4n) is 2.82. The van der Waals surface area contributed by atoms with Crippen LogP contribution >= 0.6 is 34.4 Å². The molecule has 0 atom stereocenters. The third-order valence-corrected chi connectivity index (χ3v) is 7.18. The van der Waals surface area contributed by atoms with Crippen LogP contribution in [0.1, 0.15) is 15.2 Å². The Bertz CT molecular complexity index is 1160.